The van der Waals surface area contributed by atoms with E-state index in [-0.39, 0.29) is 17.0 Å². The summed E-state index contributed by atoms with van der Waals surface area (Å²) in [5, 5.41) is 5.71. The van der Waals surface area contributed by atoms with Crippen molar-refractivity contribution in [1.29, 1.82) is 0 Å². The highest BCUT2D eigenvalue weighted by atomic mass is 32.2. The Morgan fingerprint density at radius 1 is 1.25 bits per heavy atom. The first-order valence-corrected chi connectivity index (χ1v) is 8.05. The number of thioether (sulfide) groups is 1. The minimum absolute atomic E-state index is 0.111. The van der Waals surface area contributed by atoms with Gasteiger partial charge in [0.15, 0.2) is 0 Å². The summed E-state index contributed by atoms with van der Waals surface area (Å²) in [6.45, 7) is 0.368. The molecule has 0 fully saturated rings. The quantitative estimate of drug-likeness (QED) is 0.484. The predicted molar refractivity (Wildman–Crippen MR) is 80.5 cm³/mol. The zero-order valence-electron chi connectivity index (χ0n) is 12.4. The standard InChI is InChI=1S/C14H12F3N3O3S/c1-24-7-6-18-12(22)10(21)8-2-4-9(5-3-8)11-19-13(23-20-11)14(15,16)17/h2-5H,6-7H2,1H3,(H,18,22). The first-order valence-electron chi connectivity index (χ1n) is 6.65. The molecule has 10 heteroatoms. The fourth-order valence-corrected chi connectivity index (χ4v) is 2.01. The number of alkyl halides is 3. The third-order valence-corrected chi connectivity index (χ3v) is 3.48. The molecule has 0 aliphatic heterocycles. The maximum Gasteiger partial charge on any atom is 0.471 e. The SMILES string of the molecule is CSCCNC(=O)C(=O)c1ccc(-c2noc(C(F)(F)F)n2)cc1. The zero-order valence-corrected chi connectivity index (χ0v) is 13.2. The molecular weight excluding hydrogens is 347 g/mol. The molecule has 0 aliphatic rings. The van der Waals surface area contributed by atoms with Gasteiger partial charge in [0.05, 0.1) is 0 Å². The molecule has 1 heterocycles. The van der Waals surface area contributed by atoms with Gasteiger partial charge in [-0.05, 0) is 6.26 Å². The number of nitrogens with one attached hydrogen (secondary N) is 1. The summed E-state index contributed by atoms with van der Waals surface area (Å²) in [6.07, 6.45) is -2.86. The van der Waals surface area contributed by atoms with Crippen molar-refractivity contribution in [3.05, 3.63) is 35.7 Å². The largest absolute Gasteiger partial charge is 0.471 e. The highest BCUT2D eigenvalue weighted by molar-refractivity contribution is 7.98. The molecular formula is C14H12F3N3O3S. The van der Waals surface area contributed by atoms with Crippen LogP contribution in [0.3, 0.4) is 0 Å². The molecule has 1 amide bonds. The molecule has 1 aromatic carbocycles. The summed E-state index contributed by atoms with van der Waals surface area (Å²) in [5.74, 6) is -2.50. The van der Waals surface area contributed by atoms with Gasteiger partial charge in [0.2, 0.25) is 11.6 Å². The van der Waals surface area contributed by atoms with Gasteiger partial charge < -0.3 is 9.84 Å². The Morgan fingerprint density at radius 2 is 1.92 bits per heavy atom. The molecule has 0 bridgehead atoms. The average molecular weight is 359 g/mol. The number of amides is 1. The first-order chi connectivity index (χ1) is 11.3. The van der Waals surface area contributed by atoms with Crippen molar-refractivity contribution < 1.29 is 27.3 Å². The number of rotatable bonds is 6. The molecule has 0 spiro atoms. The molecule has 2 rings (SSSR count). The van der Waals surface area contributed by atoms with Crippen LogP contribution >= 0.6 is 11.8 Å². The average Bonchev–Trinajstić information content (AvgIpc) is 3.05. The molecule has 0 saturated heterocycles. The molecule has 0 atom stereocenters. The van der Waals surface area contributed by atoms with Gasteiger partial charge >= 0.3 is 12.1 Å². The number of aromatic nitrogens is 2. The van der Waals surface area contributed by atoms with Crippen LogP contribution in [0.15, 0.2) is 28.8 Å². The van der Waals surface area contributed by atoms with Gasteiger partial charge in [0, 0.05) is 23.4 Å². The van der Waals surface area contributed by atoms with E-state index in [4.69, 9.17) is 0 Å². The van der Waals surface area contributed by atoms with Crippen LogP contribution in [0.2, 0.25) is 0 Å². The van der Waals surface area contributed by atoms with Crippen LogP contribution in [-0.2, 0) is 11.0 Å². The molecule has 0 saturated carbocycles. The lowest BCUT2D eigenvalue weighted by molar-refractivity contribution is -0.159. The topological polar surface area (TPSA) is 85.1 Å². The number of nitrogens with zero attached hydrogens (tertiary/aromatic N) is 2. The molecule has 0 aliphatic carbocycles. The third kappa shape index (κ3) is 4.34. The van der Waals surface area contributed by atoms with Gasteiger partial charge in [0.1, 0.15) is 0 Å². The van der Waals surface area contributed by atoms with Crippen LogP contribution in [0.25, 0.3) is 11.4 Å². The maximum atomic E-state index is 12.4. The van der Waals surface area contributed by atoms with Gasteiger partial charge in [-0.25, -0.2) is 0 Å². The molecule has 6 nitrogen and oxygen atoms in total. The van der Waals surface area contributed by atoms with Gasteiger partial charge in [-0.15, -0.1) is 0 Å². The van der Waals surface area contributed by atoms with Crippen LogP contribution < -0.4 is 5.32 Å². The fourth-order valence-electron chi connectivity index (χ4n) is 1.70. The van der Waals surface area contributed by atoms with E-state index >= 15 is 0 Å². The van der Waals surface area contributed by atoms with E-state index in [0.29, 0.717) is 12.3 Å². The van der Waals surface area contributed by atoms with Crippen molar-refractivity contribution in [3.8, 4) is 11.4 Å². The molecule has 1 aromatic heterocycles. The Hall–Kier alpha value is -2.36. The maximum absolute atomic E-state index is 12.4. The lowest BCUT2D eigenvalue weighted by Crippen LogP contribution is -2.32. The minimum Gasteiger partial charge on any atom is -0.348 e. The second-order valence-corrected chi connectivity index (χ2v) is 5.56. The van der Waals surface area contributed by atoms with E-state index in [1.165, 1.54) is 36.0 Å². The number of carbonyl (C=O) groups excluding carboxylic acids is 2. The molecule has 24 heavy (non-hydrogen) atoms. The Balaban J connectivity index is 2.09. The summed E-state index contributed by atoms with van der Waals surface area (Å²) in [7, 11) is 0. The number of ketones is 1. The third-order valence-electron chi connectivity index (χ3n) is 2.87. The highest BCUT2D eigenvalue weighted by Gasteiger charge is 2.38. The van der Waals surface area contributed by atoms with Crippen LogP contribution in [-0.4, -0.2) is 40.4 Å². The predicted octanol–water partition coefficient (Wildman–Crippen LogP) is 2.42. The van der Waals surface area contributed by atoms with Crippen molar-refractivity contribution in [3.63, 3.8) is 0 Å². The van der Waals surface area contributed by atoms with E-state index in [0.717, 1.165) is 0 Å². The number of hydrogen-bond acceptors (Lipinski definition) is 6. The van der Waals surface area contributed by atoms with Crippen LogP contribution in [0.4, 0.5) is 13.2 Å². The molecule has 0 radical (unpaired) electrons. The Morgan fingerprint density at radius 3 is 2.46 bits per heavy atom. The fraction of sp³-hybridized carbons (Fsp3) is 0.286. The molecule has 2 aromatic rings. The highest BCUT2D eigenvalue weighted by Crippen LogP contribution is 2.29. The number of hydrogen-bond donors (Lipinski definition) is 1. The van der Waals surface area contributed by atoms with Gasteiger partial charge in [-0.2, -0.15) is 29.9 Å². The zero-order chi connectivity index (χ0) is 17.7. The lowest BCUT2D eigenvalue weighted by atomic mass is 10.1. The van der Waals surface area contributed by atoms with Crippen molar-refractivity contribution in [1.82, 2.24) is 15.5 Å². The van der Waals surface area contributed by atoms with Crippen molar-refractivity contribution in [2.75, 3.05) is 18.6 Å². The van der Waals surface area contributed by atoms with Crippen LogP contribution in [0, 0.1) is 0 Å². The Bertz CT molecular complexity index is 729. The smallest absolute Gasteiger partial charge is 0.348 e. The number of Topliss-reactive ketones (excluding diaryl/α,β-unsaturated/α-hetero) is 1. The normalized spacial score (nSPS) is 11.3. The van der Waals surface area contributed by atoms with Gasteiger partial charge in [0.25, 0.3) is 5.91 Å². The number of halogens is 3. The van der Waals surface area contributed by atoms with Crippen LogP contribution in [0.5, 0.6) is 0 Å². The van der Waals surface area contributed by atoms with E-state index < -0.39 is 23.8 Å². The summed E-state index contributed by atoms with van der Waals surface area (Å²) in [4.78, 5) is 26.8. The lowest BCUT2D eigenvalue weighted by Gasteiger charge is -2.03. The second kappa shape index (κ2) is 7.47. The molecule has 1 N–H and O–H groups in total. The number of benzene rings is 1. The van der Waals surface area contributed by atoms with Crippen molar-refractivity contribution >= 4 is 23.5 Å². The van der Waals surface area contributed by atoms with Gasteiger partial charge in [-0.3, -0.25) is 9.59 Å². The van der Waals surface area contributed by atoms with Crippen molar-refractivity contribution in [2.45, 2.75) is 6.18 Å². The monoisotopic (exact) mass is 359 g/mol. The number of carbonyl (C=O) groups is 2. The Kier molecular flexibility index (Phi) is 5.60. The Labute approximate surface area is 138 Å². The molecule has 128 valence electrons. The summed E-state index contributed by atoms with van der Waals surface area (Å²) >= 11 is 1.53. The first kappa shape index (κ1) is 18.0. The summed E-state index contributed by atoms with van der Waals surface area (Å²) in [6, 6.07) is 5.31. The summed E-state index contributed by atoms with van der Waals surface area (Å²) in [5.41, 5.74) is 0.341. The van der Waals surface area contributed by atoms with Crippen molar-refractivity contribution in [2.24, 2.45) is 0 Å². The second-order valence-electron chi connectivity index (χ2n) is 4.58. The molecule has 0 unspecified atom stereocenters. The van der Waals surface area contributed by atoms with Gasteiger partial charge in [-0.1, -0.05) is 29.4 Å². The van der Waals surface area contributed by atoms with E-state index in [1.54, 1.807) is 0 Å². The minimum atomic E-state index is -4.73. The van der Waals surface area contributed by atoms with E-state index in [2.05, 4.69) is 20.0 Å². The van der Waals surface area contributed by atoms with E-state index in [1.807, 2.05) is 6.26 Å². The van der Waals surface area contributed by atoms with E-state index in [9.17, 15) is 22.8 Å². The van der Waals surface area contributed by atoms with Crippen LogP contribution in [0.1, 0.15) is 16.2 Å². The summed E-state index contributed by atoms with van der Waals surface area (Å²) < 4.78 is 41.4.